The first-order valence-electron chi connectivity index (χ1n) is 5.72. The molecule has 0 aliphatic carbocycles. The number of rotatable bonds is 6. The monoisotopic (exact) mass is 229 g/mol. The molecule has 0 aromatic rings. The van der Waals surface area contributed by atoms with Crippen molar-refractivity contribution < 1.29 is 19.4 Å². The van der Waals surface area contributed by atoms with Crippen LogP contribution in [0.3, 0.4) is 0 Å². The molecular formula is C11H19NO4. The van der Waals surface area contributed by atoms with Crippen LogP contribution in [0.25, 0.3) is 0 Å². The van der Waals surface area contributed by atoms with E-state index in [1.165, 1.54) is 4.90 Å². The van der Waals surface area contributed by atoms with Gasteiger partial charge in [-0.1, -0.05) is 6.92 Å². The van der Waals surface area contributed by atoms with Gasteiger partial charge in [0.2, 0.25) is 6.41 Å². The first-order valence-corrected chi connectivity index (χ1v) is 5.72. The SMILES string of the molecule is CCCN(C=O)C(C(=O)O)C1CCOCC1. The van der Waals surface area contributed by atoms with Gasteiger partial charge in [-0.15, -0.1) is 0 Å². The Bertz CT molecular complexity index is 238. The number of nitrogens with zero attached hydrogens (tertiary/aromatic N) is 1. The van der Waals surface area contributed by atoms with E-state index >= 15 is 0 Å². The van der Waals surface area contributed by atoms with E-state index in [9.17, 15) is 14.7 Å². The van der Waals surface area contributed by atoms with E-state index in [-0.39, 0.29) is 5.92 Å². The van der Waals surface area contributed by atoms with Crippen LogP contribution < -0.4 is 0 Å². The van der Waals surface area contributed by atoms with Crippen LogP contribution in [0.15, 0.2) is 0 Å². The van der Waals surface area contributed by atoms with E-state index in [0.717, 1.165) is 6.42 Å². The lowest BCUT2D eigenvalue weighted by Gasteiger charge is -2.33. The second-order valence-corrected chi connectivity index (χ2v) is 4.08. The molecule has 0 aromatic carbocycles. The summed E-state index contributed by atoms with van der Waals surface area (Å²) in [5, 5.41) is 9.21. The van der Waals surface area contributed by atoms with E-state index in [0.29, 0.717) is 39.0 Å². The Kier molecular flexibility index (Phi) is 5.25. The van der Waals surface area contributed by atoms with Gasteiger partial charge in [0.15, 0.2) is 0 Å². The number of carboxylic acid groups (broad SMARTS) is 1. The number of carbonyl (C=O) groups excluding carboxylic acids is 1. The van der Waals surface area contributed by atoms with Crippen LogP contribution in [-0.2, 0) is 14.3 Å². The van der Waals surface area contributed by atoms with Crippen LogP contribution in [0.5, 0.6) is 0 Å². The summed E-state index contributed by atoms with van der Waals surface area (Å²) in [5.74, 6) is -0.893. The number of aliphatic carboxylic acids is 1. The maximum atomic E-state index is 11.2. The van der Waals surface area contributed by atoms with E-state index in [2.05, 4.69) is 0 Å². The molecule has 0 bridgehead atoms. The van der Waals surface area contributed by atoms with Crippen molar-refractivity contribution in [1.29, 1.82) is 0 Å². The van der Waals surface area contributed by atoms with E-state index < -0.39 is 12.0 Å². The molecule has 1 aliphatic rings. The highest BCUT2D eigenvalue weighted by atomic mass is 16.5. The topological polar surface area (TPSA) is 66.8 Å². The van der Waals surface area contributed by atoms with Crippen LogP contribution in [0, 0.1) is 5.92 Å². The predicted molar refractivity (Wildman–Crippen MR) is 58.0 cm³/mol. The molecule has 0 spiro atoms. The van der Waals surface area contributed by atoms with Crippen molar-refractivity contribution in [1.82, 2.24) is 4.90 Å². The number of amides is 1. The van der Waals surface area contributed by atoms with E-state index in [1.807, 2.05) is 6.92 Å². The van der Waals surface area contributed by atoms with Gasteiger partial charge < -0.3 is 14.7 Å². The Morgan fingerprint density at radius 3 is 2.62 bits per heavy atom. The van der Waals surface area contributed by atoms with Gasteiger partial charge in [-0.05, 0) is 25.2 Å². The molecule has 1 fully saturated rings. The highest BCUT2D eigenvalue weighted by Gasteiger charge is 2.33. The fourth-order valence-electron chi connectivity index (χ4n) is 2.16. The molecule has 5 heteroatoms. The second kappa shape index (κ2) is 6.48. The fraction of sp³-hybridized carbons (Fsp3) is 0.818. The molecule has 1 heterocycles. The molecule has 5 nitrogen and oxygen atoms in total. The Hall–Kier alpha value is -1.10. The van der Waals surface area contributed by atoms with Crippen molar-refractivity contribution in [3.8, 4) is 0 Å². The minimum atomic E-state index is -0.910. The molecular weight excluding hydrogens is 210 g/mol. The minimum Gasteiger partial charge on any atom is -0.480 e. The molecule has 1 rings (SSSR count). The predicted octanol–water partition coefficient (Wildman–Crippen LogP) is 0.735. The molecule has 16 heavy (non-hydrogen) atoms. The average Bonchev–Trinajstić information content (AvgIpc) is 2.29. The summed E-state index contributed by atoms with van der Waals surface area (Å²) in [6.45, 7) is 3.61. The Morgan fingerprint density at radius 1 is 1.56 bits per heavy atom. The Balaban J connectivity index is 2.70. The molecule has 1 amide bonds. The van der Waals surface area contributed by atoms with Crippen molar-refractivity contribution in [2.24, 2.45) is 5.92 Å². The van der Waals surface area contributed by atoms with Gasteiger partial charge in [0.25, 0.3) is 0 Å². The minimum absolute atomic E-state index is 0.0167. The van der Waals surface area contributed by atoms with Gasteiger partial charge in [0.1, 0.15) is 6.04 Å². The lowest BCUT2D eigenvalue weighted by Crippen LogP contribution is -2.47. The third kappa shape index (κ3) is 3.20. The first kappa shape index (κ1) is 13.0. The fourth-order valence-corrected chi connectivity index (χ4v) is 2.16. The Labute approximate surface area is 95.4 Å². The summed E-state index contributed by atoms with van der Waals surface area (Å²) < 4.78 is 5.20. The van der Waals surface area contributed by atoms with Crippen LogP contribution in [0.4, 0.5) is 0 Å². The molecule has 0 saturated carbocycles. The van der Waals surface area contributed by atoms with Crippen molar-refractivity contribution in [2.45, 2.75) is 32.2 Å². The van der Waals surface area contributed by atoms with Crippen molar-refractivity contribution in [2.75, 3.05) is 19.8 Å². The van der Waals surface area contributed by atoms with E-state index in [4.69, 9.17) is 4.74 Å². The number of ether oxygens (including phenoxy) is 1. The molecule has 1 atom stereocenters. The maximum absolute atomic E-state index is 11.2. The van der Waals surface area contributed by atoms with Crippen molar-refractivity contribution >= 4 is 12.4 Å². The number of carbonyl (C=O) groups is 2. The summed E-state index contributed by atoms with van der Waals surface area (Å²) >= 11 is 0. The van der Waals surface area contributed by atoms with Gasteiger partial charge in [0.05, 0.1) is 0 Å². The molecule has 0 radical (unpaired) electrons. The van der Waals surface area contributed by atoms with Crippen LogP contribution in [0.1, 0.15) is 26.2 Å². The highest BCUT2D eigenvalue weighted by Crippen LogP contribution is 2.22. The average molecular weight is 229 g/mol. The number of carboxylic acids is 1. The molecule has 1 saturated heterocycles. The molecule has 1 aliphatic heterocycles. The lowest BCUT2D eigenvalue weighted by atomic mass is 9.90. The van der Waals surface area contributed by atoms with Gasteiger partial charge in [-0.3, -0.25) is 4.79 Å². The standard InChI is InChI=1S/C11H19NO4/c1-2-5-12(8-13)10(11(14)15)9-3-6-16-7-4-9/h8-10H,2-7H2,1H3,(H,14,15). The molecule has 0 aromatic heterocycles. The van der Waals surface area contributed by atoms with Crippen LogP contribution in [0.2, 0.25) is 0 Å². The quantitative estimate of drug-likeness (QED) is 0.682. The van der Waals surface area contributed by atoms with Gasteiger partial charge in [-0.2, -0.15) is 0 Å². The third-order valence-electron chi connectivity index (χ3n) is 2.94. The van der Waals surface area contributed by atoms with Gasteiger partial charge in [0, 0.05) is 19.8 Å². The van der Waals surface area contributed by atoms with Crippen LogP contribution in [-0.4, -0.2) is 48.2 Å². The lowest BCUT2D eigenvalue weighted by molar-refractivity contribution is -0.150. The largest absolute Gasteiger partial charge is 0.480 e. The number of hydrogen-bond acceptors (Lipinski definition) is 3. The van der Waals surface area contributed by atoms with Gasteiger partial charge in [-0.25, -0.2) is 4.79 Å². The normalized spacial score (nSPS) is 19.1. The smallest absolute Gasteiger partial charge is 0.326 e. The first-order chi connectivity index (χ1) is 7.70. The van der Waals surface area contributed by atoms with Crippen molar-refractivity contribution in [3.05, 3.63) is 0 Å². The summed E-state index contributed by atoms with van der Waals surface area (Å²) in [4.78, 5) is 23.5. The summed E-state index contributed by atoms with van der Waals surface area (Å²) in [7, 11) is 0. The summed E-state index contributed by atoms with van der Waals surface area (Å²) in [6.07, 6.45) is 2.85. The zero-order chi connectivity index (χ0) is 12.0. The third-order valence-corrected chi connectivity index (χ3v) is 2.94. The zero-order valence-corrected chi connectivity index (χ0v) is 9.59. The molecule has 1 N–H and O–H groups in total. The zero-order valence-electron chi connectivity index (χ0n) is 9.59. The van der Waals surface area contributed by atoms with Crippen LogP contribution >= 0.6 is 0 Å². The summed E-state index contributed by atoms with van der Waals surface area (Å²) in [6, 6.07) is -0.693. The van der Waals surface area contributed by atoms with Crippen molar-refractivity contribution in [3.63, 3.8) is 0 Å². The second-order valence-electron chi connectivity index (χ2n) is 4.08. The maximum Gasteiger partial charge on any atom is 0.326 e. The van der Waals surface area contributed by atoms with Gasteiger partial charge >= 0.3 is 5.97 Å². The highest BCUT2D eigenvalue weighted by molar-refractivity contribution is 5.76. The number of hydrogen-bond donors (Lipinski definition) is 1. The Morgan fingerprint density at radius 2 is 2.19 bits per heavy atom. The molecule has 1 unspecified atom stereocenters. The summed E-state index contributed by atoms with van der Waals surface area (Å²) in [5.41, 5.74) is 0. The molecule has 92 valence electrons. The van der Waals surface area contributed by atoms with E-state index in [1.54, 1.807) is 0 Å².